The molecule has 0 atom stereocenters. The van der Waals surface area contributed by atoms with Gasteiger partial charge < -0.3 is 4.90 Å². The van der Waals surface area contributed by atoms with Gasteiger partial charge in [0.05, 0.1) is 11.2 Å². The highest BCUT2D eigenvalue weighted by atomic mass is 15.2. The van der Waals surface area contributed by atoms with E-state index in [-0.39, 0.29) is 5.41 Å². The molecule has 0 radical (unpaired) electrons. The van der Waals surface area contributed by atoms with Crippen LogP contribution in [0.15, 0.2) is 237 Å². The summed E-state index contributed by atoms with van der Waals surface area (Å²) in [6.45, 7) is 4.71. The molecular weight excluding hydrogens is 787 g/mol. The molecule has 0 fully saturated rings. The van der Waals surface area contributed by atoms with Crippen molar-refractivity contribution >= 4 is 33.4 Å². The number of nitrogens with zero attached hydrogens (tertiary/aromatic N) is 3. The maximum Gasteiger partial charge on any atom is 0.101 e. The van der Waals surface area contributed by atoms with Crippen molar-refractivity contribution in [2.24, 2.45) is 0 Å². The second-order valence-corrected chi connectivity index (χ2v) is 17.6. The largest absolute Gasteiger partial charge is 0.310 e. The maximum atomic E-state index is 5.46. The normalized spacial score (nSPS) is 12.6. The summed E-state index contributed by atoms with van der Waals surface area (Å²) in [5.74, 6) is 0. The molecule has 0 unspecified atom stereocenters. The minimum Gasteiger partial charge on any atom is -0.310 e. The van der Waals surface area contributed by atoms with Crippen LogP contribution in [0.4, 0.5) is 17.1 Å². The van der Waals surface area contributed by atoms with E-state index in [2.05, 4.69) is 260 Å². The molecule has 3 nitrogen and oxygen atoms in total. The summed E-state index contributed by atoms with van der Waals surface area (Å²) in [5.41, 5.74) is 20.8. The highest BCUT2D eigenvalue weighted by Crippen LogP contribution is 2.51. The van der Waals surface area contributed by atoms with Crippen molar-refractivity contribution in [1.82, 2.24) is 9.61 Å². The van der Waals surface area contributed by atoms with Gasteiger partial charge >= 0.3 is 0 Å². The van der Waals surface area contributed by atoms with Gasteiger partial charge in [0.2, 0.25) is 0 Å². The molecule has 65 heavy (non-hydrogen) atoms. The molecule has 9 aromatic carbocycles. The Hall–Kier alpha value is -8.27. The standard InChI is InChI=1S/C62H45N3/c1-62(2)56-26-16-15-25-54(56)55-38-36-52(41-57(55)62)64(50-33-31-45(32-34-50)44-29-27-43(28-30-44)42-17-7-3-8-18-42)51-35-37-53-49(39-51)40-58(46-19-9-4-10-20-46)65-61(53)59(47-21-11-5-12-22-47)60(63-65)48-23-13-6-14-24-48/h3-41H,1-2H3. The Kier molecular flexibility index (Phi) is 9.17. The molecule has 0 spiro atoms. The van der Waals surface area contributed by atoms with E-state index >= 15 is 0 Å². The zero-order valence-electron chi connectivity index (χ0n) is 36.4. The summed E-state index contributed by atoms with van der Waals surface area (Å²) >= 11 is 0. The van der Waals surface area contributed by atoms with Crippen LogP contribution in [0, 0.1) is 0 Å². The highest BCUT2D eigenvalue weighted by Gasteiger charge is 2.36. The monoisotopic (exact) mass is 831 g/mol. The van der Waals surface area contributed by atoms with Crippen molar-refractivity contribution in [2.45, 2.75) is 19.3 Å². The number of benzene rings is 9. The minimum absolute atomic E-state index is 0.144. The fourth-order valence-electron chi connectivity index (χ4n) is 10.1. The van der Waals surface area contributed by atoms with Crippen LogP contribution in [-0.4, -0.2) is 9.61 Å². The lowest BCUT2D eigenvalue weighted by Gasteiger charge is -2.28. The maximum absolute atomic E-state index is 5.46. The summed E-state index contributed by atoms with van der Waals surface area (Å²) in [6, 6.07) is 85.7. The zero-order valence-corrected chi connectivity index (χ0v) is 36.4. The summed E-state index contributed by atoms with van der Waals surface area (Å²) in [7, 11) is 0. The zero-order chi connectivity index (χ0) is 43.5. The molecule has 12 rings (SSSR count). The first kappa shape index (κ1) is 38.4. The van der Waals surface area contributed by atoms with E-state index in [1.807, 2.05) is 0 Å². The summed E-state index contributed by atoms with van der Waals surface area (Å²) in [5, 5.41) is 7.74. The van der Waals surface area contributed by atoms with Gasteiger partial charge in [-0.3, -0.25) is 0 Å². The number of hydrogen-bond acceptors (Lipinski definition) is 2. The third-order valence-electron chi connectivity index (χ3n) is 13.4. The fraction of sp³-hybridized carbons (Fsp3) is 0.0484. The lowest BCUT2D eigenvalue weighted by atomic mass is 9.82. The number of hydrogen-bond donors (Lipinski definition) is 0. The predicted octanol–water partition coefficient (Wildman–Crippen LogP) is 16.6. The number of pyridine rings is 1. The number of rotatable bonds is 8. The van der Waals surface area contributed by atoms with E-state index in [1.165, 1.54) is 44.5 Å². The van der Waals surface area contributed by atoms with E-state index in [4.69, 9.17) is 5.10 Å². The van der Waals surface area contributed by atoms with Crippen molar-refractivity contribution in [2.75, 3.05) is 4.90 Å². The number of fused-ring (bicyclic) bond motifs is 6. The Balaban J connectivity index is 1.06. The van der Waals surface area contributed by atoms with Gasteiger partial charge in [-0.25, -0.2) is 4.52 Å². The van der Waals surface area contributed by atoms with Gasteiger partial charge in [-0.05, 0) is 97.9 Å². The molecule has 2 aromatic heterocycles. The van der Waals surface area contributed by atoms with Gasteiger partial charge in [0.1, 0.15) is 5.69 Å². The van der Waals surface area contributed by atoms with Crippen LogP contribution in [0.1, 0.15) is 25.0 Å². The Bertz CT molecular complexity index is 3520. The first-order chi connectivity index (χ1) is 32.0. The van der Waals surface area contributed by atoms with Gasteiger partial charge in [-0.15, -0.1) is 0 Å². The van der Waals surface area contributed by atoms with E-state index in [0.717, 1.165) is 67.0 Å². The quantitative estimate of drug-likeness (QED) is 0.152. The Morgan fingerprint density at radius 3 is 1.51 bits per heavy atom. The van der Waals surface area contributed by atoms with Crippen molar-refractivity contribution < 1.29 is 0 Å². The Labute approximate surface area is 380 Å². The molecule has 0 saturated carbocycles. The van der Waals surface area contributed by atoms with Crippen LogP contribution < -0.4 is 4.90 Å². The van der Waals surface area contributed by atoms with Gasteiger partial charge in [0.25, 0.3) is 0 Å². The second kappa shape index (κ2) is 15.5. The van der Waals surface area contributed by atoms with Gasteiger partial charge in [0.15, 0.2) is 0 Å². The van der Waals surface area contributed by atoms with Crippen molar-refractivity contribution in [3.63, 3.8) is 0 Å². The average molecular weight is 832 g/mol. The van der Waals surface area contributed by atoms with Crippen LogP contribution in [0.3, 0.4) is 0 Å². The van der Waals surface area contributed by atoms with Crippen molar-refractivity contribution in [3.05, 3.63) is 248 Å². The van der Waals surface area contributed by atoms with Crippen LogP contribution in [0.25, 0.3) is 83.3 Å². The Morgan fingerprint density at radius 2 is 0.862 bits per heavy atom. The van der Waals surface area contributed by atoms with E-state index in [1.54, 1.807) is 0 Å². The molecule has 0 aliphatic heterocycles. The van der Waals surface area contributed by atoms with Crippen molar-refractivity contribution in [3.8, 4) is 67.0 Å². The molecule has 308 valence electrons. The molecule has 11 aromatic rings. The van der Waals surface area contributed by atoms with E-state index in [0.29, 0.717) is 0 Å². The smallest absolute Gasteiger partial charge is 0.101 e. The summed E-state index contributed by atoms with van der Waals surface area (Å²) < 4.78 is 2.17. The van der Waals surface area contributed by atoms with Gasteiger partial charge in [-0.1, -0.05) is 208 Å². The van der Waals surface area contributed by atoms with Crippen LogP contribution in [-0.2, 0) is 5.41 Å². The SMILES string of the molecule is CC1(C)c2ccccc2-c2ccc(N(c3ccc(-c4ccc(-c5ccccc5)cc4)cc3)c3ccc4c(c3)cc(-c3ccccc3)n3nc(-c5ccccc5)c(-c5ccccc5)c43)cc21. The molecule has 2 heterocycles. The van der Waals surface area contributed by atoms with Crippen molar-refractivity contribution in [1.29, 1.82) is 0 Å². The van der Waals surface area contributed by atoms with E-state index in [9.17, 15) is 0 Å². The number of anilines is 3. The molecule has 3 heteroatoms. The van der Waals surface area contributed by atoms with Crippen LogP contribution in [0.2, 0.25) is 0 Å². The molecular formula is C62H45N3. The molecule has 0 saturated heterocycles. The van der Waals surface area contributed by atoms with Gasteiger partial charge in [-0.2, -0.15) is 5.10 Å². The van der Waals surface area contributed by atoms with E-state index < -0.39 is 0 Å². The first-order valence-corrected chi connectivity index (χ1v) is 22.5. The third-order valence-corrected chi connectivity index (χ3v) is 13.4. The second-order valence-electron chi connectivity index (χ2n) is 17.6. The Morgan fingerprint density at radius 1 is 0.385 bits per heavy atom. The first-order valence-electron chi connectivity index (χ1n) is 22.5. The molecule has 0 N–H and O–H groups in total. The lowest BCUT2D eigenvalue weighted by molar-refractivity contribution is 0.660. The summed E-state index contributed by atoms with van der Waals surface area (Å²) in [4.78, 5) is 2.43. The topological polar surface area (TPSA) is 20.5 Å². The molecule has 1 aliphatic carbocycles. The predicted molar refractivity (Wildman–Crippen MR) is 272 cm³/mol. The van der Waals surface area contributed by atoms with Crippen LogP contribution in [0.5, 0.6) is 0 Å². The molecule has 1 aliphatic rings. The van der Waals surface area contributed by atoms with Gasteiger partial charge in [0, 0.05) is 44.6 Å². The van der Waals surface area contributed by atoms with Crippen LogP contribution >= 0.6 is 0 Å². The molecule has 0 bridgehead atoms. The highest BCUT2D eigenvalue weighted by molar-refractivity contribution is 6.09. The average Bonchev–Trinajstić information content (AvgIpc) is 3.88. The summed E-state index contributed by atoms with van der Waals surface area (Å²) in [6.07, 6.45) is 0. The minimum atomic E-state index is -0.144. The fourth-order valence-corrected chi connectivity index (χ4v) is 10.1. The third kappa shape index (κ3) is 6.55. The molecule has 0 amide bonds. The lowest BCUT2D eigenvalue weighted by Crippen LogP contribution is -2.16. The number of aromatic nitrogens is 2.